The predicted molar refractivity (Wildman–Crippen MR) is 211 cm³/mol. The van der Waals surface area contributed by atoms with Gasteiger partial charge in [-0.15, -0.1) is 0 Å². The summed E-state index contributed by atoms with van der Waals surface area (Å²) < 4.78 is 26.5. The lowest BCUT2D eigenvalue weighted by molar-refractivity contribution is -0.140. The Hall–Kier alpha value is -5.06. The number of rotatable bonds is 22. The largest absolute Gasteiger partial charge is 0.481 e. The van der Waals surface area contributed by atoms with Crippen molar-refractivity contribution < 1.29 is 62.6 Å². The molecule has 2 aliphatic rings. The summed E-state index contributed by atoms with van der Waals surface area (Å²) in [6, 6.07) is -3.25. The number of β-amino-alcohol motifs (C(OH)–C–C–N with tert-alkyl or cyclic N) is 1. The lowest BCUT2D eigenvalue weighted by atomic mass is 9.83. The normalized spacial score (nSPS) is 18.9. The number of carbonyl (C=O) groups excluding carboxylic acids is 7. The highest BCUT2D eigenvalue weighted by atomic mass is 31.2. The van der Waals surface area contributed by atoms with Crippen LogP contribution in [0.5, 0.6) is 0 Å². The maximum absolute atomic E-state index is 15.0. The van der Waals surface area contributed by atoms with Gasteiger partial charge in [-0.25, -0.2) is 9.48 Å². The second-order valence-electron chi connectivity index (χ2n) is 15.0. The first-order valence-corrected chi connectivity index (χ1v) is 21.3. The van der Waals surface area contributed by atoms with Crippen LogP contribution in [0.15, 0.2) is 18.2 Å². The molecule has 0 spiro atoms. The molecule has 0 radical (unpaired) electrons. The molecular formula is C36H56FN10O12P. The number of amides is 7. The van der Waals surface area contributed by atoms with Crippen molar-refractivity contribution in [3.8, 4) is 0 Å². The fourth-order valence-corrected chi connectivity index (χ4v) is 7.31. The number of primary amides is 1. The van der Waals surface area contributed by atoms with E-state index in [2.05, 4.69) is 31.7 Å². The summed E-state index contributed by atoms with van der Waals surface area (Å²) in [6.45, 7) is 0.0169. The van der Waals surface area contributed by atoms with Crippen molar-refractivity contribution in [3.05, 3.63) is 29.6 Å². The number of likely N-dealkylation sites (tertiary alicyclic amines) is 1. The number of hydrogen-bond donors (Lipinski definition) is 12. The van der Waals surface area contributed by atoms with Gasteiger partial charge >= 0.3 is 5.97 Å². The molecule has 1 saturated carbocycles. The zero-order valence-corrected chi connectivity index (χ0v) is 34.1. The molecule has 1 aliphatic heterocycles. The molecule has 1 aromatic rings. The Kier molecular flexibility index (Phi) is 19.0. The minimum absolute atomic E-state index is 0.0159. The Morgan fingerprint density at radius 3 is 2.17 bits per heavy atom. The molecule has 60 heavy (non-hydrogen) atoms. The van der Waals surface area contributed by atoms with Crippen LogP contribution in [0.1, 0.15) is 83.1 Å². The van der Waals surface area contributed by atoms with Crippen LogP contribution in [0.4, 0.5) is 10.1 Å². The number of hydrogen-bond acceptors (Lipinski definition) is 11. The summed E-state index contributed by atoms with van der Waals surface area (Å²) in [4.78, 5) is 104. The van der Waals surface area contributed by atoms with Crippen molar-refractivity contribution in [2.45, 2.75) is 120 Å². The van der Waals surface area contributed by atoms with E-state index in [1.54, 1.807) is 0 Å². The molecule has 1 saturated heterocycles. The third-order valence-corrected chi connectivity index (χ3v) is 10.7. The number of nitrogens with two attached hydrogens (primary N) is 3. The van der Waals surface area contributed by atoms with Crippen molar-refractivity contribution in [2.24, 2.45) is 22.7 Å². The topological polar surface area (TPSA) is 368 Å². The number of aliphatic carboxylic acids is 1. The van der Waals surface area contributed by atoms with Gasteiger partial charge in [-0.1, -0.05) is 25.3 Å². The van der Waals surface area contributed by atoms with Crippen LogP contribution in [-0.4, -0.2) is 117 Å². The number of aliphatic hydroxyl groups is 2. The van der Waals surface area contributed by atoms with Gasteiger partial charge in [0.15, 0.2) is 0 Å². The smallest absolute Gasteiger partial charge is 0.303 e. The summed E-state index contributed by atoms with van der Waals surface area (Å²) in [7, 11) is -3.61. The van der Waals surface area contributed by atoms with Crippen molar-refractivity contribution in [3.63, 3.8) is 0 Å². The van der Waals surface area contributed by atoms with Gasteiger partial charge in [-0.05, 0) is 56.2 Å². The van der Waals surface area contributed by atoms with Gasteiger partial charge in [-0.3, -0.25) is 53.9 Å². The Labute approximate surface area is 345 Å². The van der Waals surface area contributed by atoms with E-state index in [0.717, 1.165) is 17.4 Å². The van der Waals surface area contributed by atoms with E-state index in [9.17, 15) is 57.5 Å². The van der Waals surface area contributed by atoms with Crippen molar-refractivity contribution in [1.29, 1.82) is 0 Å². The fourth-order valence-electron chi connectivity index (χ4n) is 6.88. The highest BCUT2D eigenvalue weighted by molar-refractivity contribution is 7.56. The molecule has 1 aromatic carbocycles. The Morgan fingerprint density at radius 1 is 0.900 bits per heavy atom. The monoisotopic (exact) mass is 870 g/mol. The molecule has 0 aromatic heterocycles. The van der Waals surface area contributed by atoms with E-state index in [1.807, 2.05) is 0 Å². The lowest BCUT2D eigenvalue weighted by Gasteiger charge is -2.32. The Morgan fingerprint density at radius 2 is 1.57 bits per heavy atom. The number of benzene rings is 1. The molecule has 22 nitrogen and oxygen atoms in total. The second-order valence-corrected chi connectivity index (χ2v) is 16.7. The van der Waals surface area contributed by atoms with Crippen LogP contribution in [0.3, 0.4) is 0 Å². The number of anilines is 1. The van der Waals surface area contributed by atoms with E-state index >= 15 is 0 Å². The van der Waals surface area contributed by atoms with Crippen molar-refractivity contribution in [2.75, 3.05) is 18.5 Å². The van der Waals surface area contributed by atoms with Crippen LogP contribution < -0.4 is 48.4 Å². The third kappa shape index (κ3) is 15.8. The van der Waals surface area contributed by atoms with Gasteiger partial charge in [0, 0.05) is 38.8 Å². The first-order valence-electron chi connectivity index (χ1n) is 19.5. The minimum atomic E-state index is -3.61. The number of nitrogens with one attached hydrogen (secondary N) is 6. The van der Waals surface area contributed by atoms with Crippen LogP contribution in [-0.2, 0) is 49.5 Å². The van der Waals surface area contributed by atoms with Crippen molar-refractivity contribution >= 4 is 60.6 Å². The second kappa shape index (κ2) is 23.1. The number of carboxylic acids is 1. The molecule has 15 N–H and O–H groups in total. The molecule has 1 unspecified atom stereocenters. The molecule has 2 fully saturated rings. The van der Waals surface area contributed by atoms with E-state index in [-0.39, 0.29) is 57.3 Å². The maximum atomic E-state index is 15.0. The molecule has 1 heterocycles. The summed E-state index contributed by atoms with van der Waals surface area (Å²) in [5.41, 5.74) is 15.8. The van der Waals surface area contributed by atoms with E-state index in [0.29, 0.717) is 31.2 Å². The van der Waals surface area contributed by atoms with E-state index in [4.69, 9.17) is 21.8 Å². The first kappa shape index (κ1) is 49.3. The third-order valence-electron chi connectivity index (χ3n) is 10.1. The summed E-state index contributed by atoms with van der Waals surface area (Å²) in [5, 5.41) is 43.7. The number of carbonyl (C=O) groups is 8. The molecule has 6 atom stereocenters. The summed E-state index contributed by atoms with van der Waals surface area (Å²) in [6.07, 6.45) is 0.957. The summed E-state index contributed by atoms with van der Waals surface area (Å²) >= 11 is 0. The molecule has 3 rings (SSSR count). The van der Waals surface area contributed by atoms with E-state index < -0.39 is 110 Å². The number of aliphatic hydroxyl groups excluding tert-OH is 2. The first-order chi connectivity index (χ1) is 28.2. The van der Waals surface area contributed by atoms with Crippen LogP contribution in [0.2, 0.25) is 0 Å². The average molecular weight is 871 g/mol. The zero-order valence-electron chi connectivity index (χ0n) is 33.2. The maximum Gasteiger partial charge on any atom is 0.303 e. The van der Waals surface area contributed by atoms with Gasteiger partial charge in [0.1, 0.15) is 36.0 Å². The summed E-state index contributed by atoms with van der Waals surface area (Å²) in [5.74, 6) is -8.28. The predicted octanol–water partition coefficient (Wildman–Crippen LogP) is -2.11. The molecule has 7 amide bonds. The zero-order chi connectivity index (χ0) is 44.7. The van der Waals surface area contributed by atoms with Crippen LogP contribution >= 0.6 is 7.59 Å². The lowest BCUT2D eigenvalue weighted by Crippen LogP contribution is -2.60. The quantitative estimate of drug-likeness (QED) is 0.0555. The number of carboxylic acid groups (broad SMARTS) is 1. The molecular weight excluding hydrogens is 814 g/mol. The van der Waals surface area contributed by atoms with Gasteiger partial charge in [0.2, 0.25) is 41.4 Å². The van der Waals surface area contributed by atoms with Gasteiger partial charge in [0.05, 0.1) is 18.4 Å². The minimum Gasteiger partial charge on any atom is -0.481 e. The molecule has 334 valence electrons. The van der Waals surface area contributed by atoms with Gasteiger partial charge in [-0.2, -0.15) is 0 Å². The van der Waals surface area contributed by atoms with Gasteiger partial charge in [0.25, 0.3) is 7.59 Å². The highest BCUT2D eigenvalue weighted by Gasteiger charge is 2.40. The molecule has 0 bridgehead atoms. The van der Waals surface area contributed by atoms with E-state index in [1.165, 1.54) is 19.1 Å². The Bertz CT molecular complexity index is 1800. The van der Waals surface area contributed by atoms with Crippen LogP contribution in [0, 0.1) is 11.7 Å². The van der Waals surface area contributed by atoms with Crippen molar-refractivity contribution in [1.82, 2.24) is 31.3 Å². The standard InChI is InChI=1S/C36H56FN10O12P/c1-19(42-35(57)27-15-22(49)17-47(27)29(51)8-5-9-30(52)53)32(54)45-26(18-48)34(56)46-31(21-6-3-2-4-7-21)36(58)44-25(12-13-28(38)50)33(55)43-24-11-10-20(14-23(24)37)16-41-60(39,40)59/h10-11,14,19,21-22,25-27,31,48-49H,2-9,12-13,15-18H2,1H3,(H2,38,50)(H,42,57)(H,43,55)(H,44,58)(H,45,54)(H,46,56)(H,52,53)(H5,39,40,41,59)/t19-,22+,25-,26-,27-,31?/m0/s1. The number of halogens is 1. The Balaban J connectivity index is 1.70. The number of nitrogens with zero attached hydrogens (tertiary/aromatic N) is 1. The fraction of sp³-hybridized carbons (Fsp3) is 0.611. The van der Waals surface area contributed by atoms with Gasteiger partial charge < -0.3 is 52.5 Å². The average Bonchev–Trinajstić information content (AvgIpc) is 3.58. The molecule has 24 heteroatoms. The SMILES string of the molecule is C[C@H](NC(=O)[C@@H]1C[C@@H](O)CN1C(=O)CCCC(=O)O)C(=O)N[C@@H](CO)C(=O)NC(C(=O)N[C@@H](CCC(N)=O)C(=O)Nc1ccc(CNP(N)(N)=O)cc1F)C1CCCCC1. The molecule has 1 aliphatic carbocycles. The highest BCUT2D eigenvalue weighted by Crippen LogP contribution is 2.27. The van der Waals surface area contributed by atoms with Crippen LogP contribution in [0.25, 0.3) is 0 Å².